The Morgan fingerprint density at radius 3 is 2.52 bits per heavy atom. The van der Waals surface area contributed by atoms with E-state index in [1.807, 2.05) is 35.0 Å². The maximum absolute atomic E-state index is 13.3. The first kappa shape index (κ1) is 23.0. The summed E-state index contributed by atoms with van der Waals surface area (Å²) < 4.78 is 34.5. The highest BCUT2D eigenvalue weighted by atomic mass is 32.2. The van der Waals surface area contributed by atoms with E-state index < -0.39 is 15.9 Å². The van der Waals surface area contributed by atoms with Crippen molar-refractivity contribution in [3.63, 3.8) is 0 Å². The predicted molar refractivity (Wildman–Crippen MR) is 127 cm³/mol. The fourth-order valence-electron chi connectivity index (χ4n) is 4.24. The lowest BCUT2D eigenvalue weighted by Crippen LogP contribution is -2.30. The van der Waals surface area contributed by atoms with Gasteiger partial charge in [-0.05, 0) is 49.6 Å². The minimum absolute atomic E-state index is 0.0994. The van der Waals surface area contributed by atoms with Gasteiger partial charge in [0.1, 0.15) is 5.75 Å². The average Bonchev–Trinajstić information content (AvgIpc) is 3.43. The molecule has 9 heteroatoms. The van der Waals surface area contributed by atoms with Gasteiger partial charge in [0.2, 0.25) is 10.0 Å². The van der Waals surface area contributed by atoms with Crippen molar-refractivity contribution >= 4 is 21.6 Å². The molecule has 0 saturated heterocycles. The van der Waals surface area contributed by atoms with Gasteiger partial charge in [-0.25, -0.2) is 13.1 Å². The summed E-state index contributed by atoms with van der Waals surface area (Å²) in [6.45, 7) is 4.29. The molecule has 1 N–H and O–H groups in total. The number of hydrogen-bond acceptors (Lipinski definition) is 5. The number of ether oxygens (including phenoxy) is 1. The van der Waals surface area contributed by atoms with Gasteiger partial charge in [0.25, 0.3) is 5.91 Å². The molecule has 1 aliphatic carbocycles. The van der Waals surface area contributed by atoms with Crippen molar-refractivity contribution in [3.8, 4) is 11.4 Å². The Morgan fingerprint density at radius 1 is 1.12 bits per heavy atom. The molecule has 1 amide bonds. The first-order valence-electron chi connectivity index (χ1n) is 11.1. The van der Waals surface area contributed by atoms with E-state index in [0.717, 1.165) is 36.2 Å². The second-order valence-electron chi connectivity index (χ2n) is 7.78. The van der Waals surface area contributed by atoms with E-state index in [9.17, 15) is 13.2 Å². The van der Waals surface area contributed by atoms with E-state index in [2.05, 4.69) is 10.4 Å². The molecule has 0 aliphatic heterocycles. The molecule has 0 fully saturated rings. The quantitative estimate of drug-likeness (QED) is 0.545. The molecule has 1 heterocycles. The van der Waals surface area contributed by atoms with Crippen LogP contribution < -0.4 is 10.1 Å². The molecule has 0 radical (unpaired) electrons. The van der Waals surface area contributed by atoms with Gasteiger partial charge in [-0.1, -0.05) is 32.0 Å². The molecule has 1 aliphatic rings. The number of nitrogens with one attached hydrogen (secondary N) is 1. The highest BCUT2D eigenvalue weighted by Gasteiger charge is 2.28. The molecule has 4 rings (SSSR count). The monoisotopic (exact) mass is 468 g/mol. The van der Waals surface area contributed by atoms with Crippen LogP contribution in [0.2, 0.25) is 0 Å². The minimum Gasteiger partial charge on any atom is -0.495 e. The lowest BCUT2D eigenvalue weighted by atomic mass is 10.2. The number of benzene rings is 2. The Morgan fingerprint density at radius 2 is 1.85 bits per heavy atom. The fourth-order valence-corrected chi connectivity index (χ4v) is 5.73. The second kappa shape index (κ2) is 9.36. The largest absolute Gasteiger partial charge is 0.495 e. The summed E-state index contributed by atoms with van der Waals surface area (Å²) in [6.07, 6.45) is 2.59. The standard InChI is InChI=1S/C24H28N4O4S/c1-4-27(5-2)33(30,31)18-14-15-22(32-3)20(16-18)25-24(29)23-19-12-9-13-21(19)28(26-23)17-10-7-6-8-11-17/h6-8,10-11,14-16H,4-5,9,12-13H2,1-3H3,(H,25,29). The zero-order chi connectivity index (χ0) is 23.6. The Balaban J connectivity index is 1.70. The summed E-state index contributed by atoms with van der Waals surface area (Å²) in [5.41, 5.74) is 3.51. The van der Waals surface area contributed by atoms with E-state index in [4.69, 9.17) is 4.74 Å². The summed E-state index contributed by atoms with van der Waals surface area (Å²) >= 11 is 0. The van der Waals surface area contributed by atoms with Crippen LogP contribution in [0.3, 0.4) is 0 Å². The molecule has 3 aromatic rings. The Kier molecular flexibility index (Phi) is 6.53. The molecule has 0 unspecified atom stereocenters. The highest BCUT2D eigenvalue weighted by molar-refractivity contribution is 7.89. The Labute approximate surface area is 194 Å². The first-order valence-corrected chi connectivity index (χ1v) is 12.5. The predicted octanol–water partition coefficient (Wildman–Crippen LogP) is 3.65. The van der Waals surface area contributed by atoms with Gasteiger partial charge in [0, 0.05) is 24.3 Å². The van der Waals surface area contributed by atoms with Gasteiger partial charge in [-0.3, -0.25) is 4.79 Å². The molecule has 0 saturated carbocycles. The van der Waals surface area contributed by atoms with Gasteiger partial charge in [0.15, 0.2) is 5.69 Å². The number of sulfonamides is 1. The number of methoxy groups -OCH3 is 1. The van der Waals surface area contributed by atoms with Gasteiger partial charge < -0.3 is 10.1 Å². The number of carbonyl (C=O) groups excluding carboxylic acids is 1. The summed E-state index contributed by atoms with van der Waals surface area (Å²) in [5.74, 6) is -0.0143. The van der Waals surface area contributed by atoms with Crippen LogP contribution in [-0.2, 0) is 22.9 Å². The van der Waals surface area contributed by atoms with Crippen LogP contribution in [0.1, 0.15) is 42.0 Å². The Hall–Kier alpha value is -3.17. The van der Waals surface area contributed by atoms with Crippen molar-refractivity contribution in [2.75, 3.05) is 25.5 Å². The van der Waals surface area contributed by atoms with E-state index in [1.54, 1.807) is 19.9 Å². The van der Waals surface area contributed by atoms with E-state index in [1.165, 1.54) is 23.5 Å². The topological polar surface area (TPSA) is 93.5 Å². The molecule has 0 atom stereocenters. The van der Waals surface area contributed by atoms with Gasteiger partial charge in [-0.2, -0.15) is 9.40 Å². The maximum Gasteiger partial charge on any atom is 0.276 e. The summed E-state index contributed by atoms with van der Waals surface area (Å²) in [5, 5.41) is 7.45. The molecule has 0 bridgehead atoms. The third-order valence-electron chi connectivity index (χ3n) is 5.91. The number of aromatic nitrogens is 2. The van der Waals surface area contributed by atoms with Crippen LogP contribution in [0.25, 0.3) is 5.69 Å². The van der Waals surface area contributed by atoms with Crippen LogP contribution in [0.4, 0.5) is 5.69 Å². The molecule has 33 heavy (non-hydrogen) atoms. The van der Waals surface area contributed by atoms with Crippen molar-refractivity contribution in [1.29, 1.82) is 0 Å². The number of carbonyl (C=O) groups is 1. The molecular weight excluding hydrogens is 440 g/mol. The number of para-hydroxylation sites is 1. The number of rotatable bonds is 8. The number of anilines is 1. The zero-order valence-corrected chi connectivity index (χ0v) is 19.9. The molecule has 1 aromatic heterocycles. The van der Waals surface area contributed by atoms with E-state index in [0.29, 0.717) is 24.5 Å². The normalized spacial score (nSPS) is 13.2. The van der Waals surface area contributed by atoms with Crippen molar-refractivity contribution in [1.82, 2.24) is 14.1 Å². The number of nitrogens with zero attached hydrogens (tertiary/aromatic N) is 3. The van der Waals surface area contributed by atoms with Crippen LogP contribution >= 0.6 is 0 Å². The summed E-state index contributed by atoms with van der Waals surface area (Å²) in [7, 11) is -2.21. The van der Waals surface area contributed by atoms with Crippen molar-refractivity contribution in [2.45, 2.75) is 38.0 Å². The average molecular weight is 469 g/mol. The number of hydrogen-bond donors (Lipinski definition) is 1. The van der Waals surface area contributed by atoms with Crippen LogP contribution in [-0.4, -0.2) is 48.6 Å². The lowest BCUT2D eigenvalue weighted by Gasteiger charge is -2.19. The van der Waals surface area contributed by atoms with E-state index in [-0.39, 0.29) is 10.6 Å². The fraction of sp³-hybridized carbons (Fsp3) is 0.333. The van der Waals surface area contributed by atoms with Crippen LogP contribution in [0, 0.1) is 0 Å². The smallest absolute Gasteiger partial charge is 0.276 e. The van der Waals surface area contributed by atoms with Crippen molar-refractivity contribution in [3.05, 3.63) is 65.5 Å². The number of fused-ring (bicyclic) bond motifs is 1. The summed E-state index contributed by atoms with van der Waals surface area (Å²) in [6, 6.07) is 14.2. The maximum atomic E-state index is 13.3. The molecule has 2 aromatic carbocycles. The minimum atomic E-state index is -3.68. The Bertz CT molecular complexity index is 1270. The van der Waals surface area contributed by atoms with Crippen LogP contribution in [0.15, 0.2) is 53.4 Å². The first-order chi connectivity index (χ1) is 15.9. The third-order valence-corrected chi connectivity index (χ3v) is 7.95. The van der Waals surface area contributed by atoms with Crippen LogP contribution in [0.5, 0.6) is 5.75 Å². The van der Waals surface area contributed by atoms with Crippen molar-refractivity contribution < 1.29 is 17.9 Å². The van der Waals surface area contributed by atoms with Gasteiger partial charge in [-0.15, -0.1) is 0 Å². The molecule has 174 valence electrons. The van der Waals surface area contributed by atoms with E-state index >= 15 is 0 Å². The van der Waals surface area contributed by atoms with Crippen molar-refractivity contribution in [2.24, 2.45) is 0 Å². The highest BCUT2D eigenvalue weighted by Crippen LogP contribution is 2.32. The molecular formula is C24H28N4O4S. The lowest BCUT2D eigenvalue weighted by molar-refractivity contribution is 0.102. The third kappa shape index (κ3) is 4.26. The molecule has 0 spiro atoms. The summed E-state index contributed by atoms with van der Waals surface area (Å²) in [4.78, 5) is 13.4. The zero-order valence-electron chi connectivity index (χ0n) is 19.0. The number of amides is 1. The van der Waals surface area contributed by atoms with Gasteiger partial charge in [0.05, 0.1) is 23.4 Å². The second-order valence-corrected chi connectivity index (χ2v) is 9.72. The molecule has 8 nitrogen and oxygen atoms in total. The SMILES string of the molecule is CCN(CC)S(=O)(=O)c1ccc(OC)c(NC(=O)c2nn(-c3ccccc3)c3c2CCC3)c1. The van der Waals surface area contributed by atoms with Gasteiger partial charge >= 0.3 is 0 Å².